The van der Waals surface area contributed by atoms with Crippen LogP contribution in [0.3, 0.4) is 0 Å². The van der Waals surface area contributed by atoms with Crippen LogP contribution >= 0.6 is 0 Å². The lowest BCUT2D eigenvalue weighted by Crippen LogP contribution is -2.05. The molecule has 0 N–H and O–H groups in total. The summed E-state index contributed by atoms with van der Waals surface area (Å²) in [6, 6.07) is 8.89. The van der Waals surface area contributed by atoms with E-state index in [1.807, 2.05) is 0 Å². The van der Waals surface area contributed by atoms with E-state index >= 15 is 0 Å². The summed E-state index contributed by atoms with van der Waals surface area (Å²) in [7, 11) is 1.14. The molecule has 0 aliphatic heterocycles. The lowest BCUT2D eigenvalue weighted by Gasteiger charge is -2.10. The zero-order valence-electron chi connectivity index (χ0n) is 10.9. The topological polar surface area (TPSA) is 78.7 Å². The molecule has 0 heterocycles. The zero-order chi connectivity index (χ0) is 15.4. The van der Waals surface area contributed by atoms with Gasteiger partial charge in [0.2, 0.25) is 5.75 Å². The molecule has 0 spiro atoms. The molecule has 0 unspecified atom stereocenters. The largest absolute Gasteiger partial charge is 0.465 e. The predicted molar refractivity (Wildman–Crippen MR) is 70.9 cm³/mol. The van der Waals surface area contributed by atoms with Gasteiger partial charge in [-0.3, -0.25) is 10.1 Å². The molecule has 0 aliphatic rings. The van der Waals surface area contributed by atoms with Crippen LogP contribution in [0, 0.1) is 15.9 Å². The van der Waals surface area contributed by atoms with Crippen LogP contribution < -0.4 is 4.74 Å². The molecule has 0 fully saturated rings. The first-order valence-corrected chi connectivity index (χ1v) is 5.82. The Hall–Kier alpha value is -2.96. The molecule has 0 aromatic heterocycles. The van der Waals surface area contributed by atoms with Crippen molar-refractivity contribution in [1.82, 2.24) is 0 Å². The Balaban J connectivity index is 2.45. The number of hydrogen-bond acceptors (Lipinski definition) is 5. The van der Waals surface area contributed by atoms with Crippen molar-refractivity contribution < 1.29 is 23.6 Å². The van der Waals surface area contributed by atoms with Crippen molar-refractivity contribution in [2.24, 2.45) is 0 Å². The summed E-state index contributed by atoms with van der Waals surface area (Å²) in [4.78, 5) is 21.9. The number of hydrogen-bond donors (Lipinski definition) is 0. The Bertz CT molecular complexity index is 702. The SMILES string of the molecule is COC(=O)c1cc(F)ccc1Oc1ccccc1[N+](=O)[O-]. The summed E-state index contributed by atoms with van der Waals surface area (Å²) >= 11 is 0. The van der Waals surface area contributed by atoms with E-state index in [-0.39, 0.29) is 22.7 Å². The fraction of sp³-hybridized carbons (Fsp3) is 0.0714. The molecule has 108 valence electrons. The van der Waals surface area contributed by atoms with Gasteiger partial charge in [0, 0.05) is 6.07 Å². The monoisotopic (exact) mass is 291 g/mol. The number of nitro groups is 1. The van der Waals surface area contributed by atoms with Gasteiger partial charge in [0.25, 0.3) is 0 Å². The third-order valence-electron chi connectivity index (χ3n) is 2.63. The fourth-order valence-electron chi connectivity index (χ4n) is 1.67. The maximum atomic E-state index is 13.2. The van der Waals surface area contributed by atoms with Crippen molar-refractivity contribution in [2.45, 2.75) is 0 Å². The van der Waals surface area contributed by atoms with Crippen molar-refractivity contribution in [3.05, 3.63) is 64.0 Å². The molecule has 6 nitrogen and oxygen atoms in total. The summed E-state index contributed by atoms with van der Waals surface area (Å²) < 4.78 is 23.1. The molecule has 0 aliphatic carbocycles. The van der Waals surface area contributed by atoms with E-state index in [9.17, 15) is 19.3 Å². The lowest BCUT2D eigenvalue weighted by atomic mass is 10.2. The second kappa shape index (κ2) is 6.00. The van der Waals surface area contributed by atoms with E-state index in [2.05, 4.69) is 4.74 Å². The van der Waals surface area contributed by atoms with E-state index in [1.165, 1.54) is 24.3 Å². The van der Waals surface area contributed by atoms with E-state index in [0.717, 1.165) is 19.2 Å². The molecule has 2 rings (SSSR count). The van der Waals surface area contributed by atoms with Gasteiger partial charge in [0.1, 0.15) is 17.1 Å². The van der Waals surface area contributed by atoms with E-state index in [0.29, 0.717) is 0 Å². The Kier molecular flexibility index (Phi) is 4.13. The predicted octanol–water partition coefficient (Wildman–Crippen LogP) is 3.31. The van der Waals surface area contributed by atoms with Crippen LogP contribution in [0.5, 0.6) is 11.5 Å². The maximum Gasteiger partial charge on any atom is 0.341 e. The molecule has 2 aromatic rings. The van der Waals surface area contributed by atoms with Crippen molar-refractivity contribution in [2.75, 3.05) is 7.11 Å². The standard InChI is InChI=1S/C14H10FNO5/c1-20-14(17)10-8-9(15)6-7-12(10)21-13-5-3-2-4-11(13)16(18)19/h2-8H,1H3. The minimum absolute atomic E-state index is 0.0300. The van der Waals surface area contributed by atoms with Gasteiger partial charge >= 0.3 is 11.7 Å². The summed E-state index contributed by atoms with van der Waals surface area (Å²) in [5.74, 6) is -1.54. The highest BCUT2D eigenvalue weighted by molar-refractivity contribution is 5.92. The third kappa shape index (κ3) is 3.14. The number of rotatable bonds is 4. The van der Waals surface area contributed by atoms with Gasteiger partial charge in [-0.15, -0.1) is 0 Å². The van der Waals surface area contributed by atoms with Crippen LogP contribution in [0.25, 0.3) is 0 Å². The number of esters is 1. The van der Waals surface area contributed by atoms with Gasteiger partial charge in [-0.05, 0) is 24.3 Å². The van der Waals surface area contributed by atoms with Gasteiger partial charge in [-0.2, -0.15) is 0 Å². The molecule has 0 bridgehead atoms. The summed E-state index contributed by atoms with van der Waals surface area (Å²) in [6.07, 6.45) is 0. The average molecular weight is 291 g/mol. The van der Waals surface area contributed by atoms with Crippen LogP contribution in [-0.4, -0.2) is 18.0 Å². The minimum Gasteiger partial charge on any atom is -0.465 e. The Morgan fingerprint density at radius 1 is 1.19 bits per heavy atom. The smallest absolute Gasteiger partial charge is 0.341 e. The Morgan fingerprint density at radius 2 is 1.90 bits per heavy atom. The van der Waals surface area contributed by atoms with Gasteiger partial charge < -0.3 is 9.47 Å². The zero-order valence-corrected chi connectivity index (χ0v) is 10.9. The van der Waals surface area contributed by atoms with Gasteiger partial charge in [-0.25, -0.2) is 9.18 Å². The van der Waals surface area contributed by atoms with Crippen molar-refractivity contribution in [1.29, 1.82) is 0 Å². The molecular weight excluding hydrogens is 281 g/mol. The Morgan fingerprint density at radius 3 is 2.57 bits per heavy atom. The quantitative estimate of drug-likeness (QED) is 0.490. The molecule has 2 aromatic carbocycles. The number of carbonyl (C=O) groups excluding carboxylic acids is 1. The Labute approximate surface area is 118 Å². The highest BCUT2D eigenvalue weighted by atomic mass is 19.1. The van der Waals surface area contributed by atoms with E-state index < -0.39 is 16.7 Å². The second-order valence-corrected chi connectivity index (χ2v) is 3.96. The lowest BCUT2D eigenvalue weighted by molar-refractivity contribution is -0.385. The maximum absolute atomic E-state index is 13.2. The van der Waals surface area contributed by atoms with Crippen LogP contribution in [0.2, 0.25) is 0 Å². The van der Waals surface area contributed by atoms with E-state index in [1.54, 1.807) is 6.07 Å². The van der Waals surface area contributed by atoms with Gasteiger partial charge in [-0.1, -0.05) is 12.1 Å². The third-order valence-corrected chi connectivity index (χ3v) is 2.63. The molecule has 21 heavy (non-hydrogen) atoms. The van der Waals surface area contributed by atoms with Crippen LogP contribution in [0.1, 0.15) is 10.4 Å². The van der Waals surface area contributed by atoms with Crippen LogP contribution in [-0.2, 0) is 4.74 Å². The molecule has 0 saturated carbocycles. The summed E-state index contributed by atoms with van der Waals surface area (Å²) in [6.45, 7) is 0. The van der Waals surface area contributed by atoms with Crippen molar-refractivity contribution in [3.8, 4) is 11.5 Å². The number of methoxy groups -OCH3 is 1. The van der Waals surface area contributed by atoms with Gasteiger partial charge in [0.05, 0.1) is 12.0 Å². The molecule has 0 atom stereocenters. The highest BCUT2D eigenvalue weighted by Gasteiger charge is 2.19. The first-order chi connectivity index (χ1) is 10.0. The number of nitrogens with zero attached hydrogens (tertiary/aromatic N) is 1. The van der Waals surface area contributed by atoms with Crippen LogP contribution in [0.15, 0.2) is 42.5 Å². The summed E-state index contributed by atoms with van der Waals surface area (Å²) in [5, 5.41) is 10.9. The molecule has 0 radical (unpaired) electrons. The number of carbonyl (C=O) groups is 1. The number of nitro benzene ring substituents is 1. The van der Waals surface area contributed by atoms with E-state index in [4.69, 9.17) is 4.74 Å². The number of benzene rings is 2. The van der Waals surface area contributed by atoms with Crippen molar-refractivity contribution >= 4 is 11.7 Å². The van der Waals surface area contributed by atoms with Gasteiger partial charge in [0.15, 0.2) is 0 Å². The normalized spacial score (nSPS) is 10.0. The average Bonchev–Trinajstić information content (AvgIpc) is 2.48. The minimum atomic E-state index is -0.803. The second-order valence-electron chi connectivity index (χ2n) is 3.96. The molecule has 0 amide bonds. The number of ether oxygens (including phenoxy) is 2. The molecule has 7 heteroatoms. The summed E-state index contributed by atoms with van der Waals surface area (Å²) in [5.41, 5.74) is -0.423. The number of halogens is 1. The van der Waals surface area contributed by atoms with Crippen molar-refractivity contribution in [3.63, 3.8) is 0 Å². The number of para-hydroxylation sites is 2. The first kappa shape index (κ1) is 14.4. The highest BCUT2D eigenvalue weighted by Crippen LogP contribution is 2.33. The van der Waals surface area contributed by atoms with Crippen LogP contribution in [0.4, 0.5) is 10.1 Å². The molecule has 0 saturated heterocycles. The first-order valence-electron chi connectivity index (χ1n) is 5.82. The fourth-order valence-corrected chi connectivity index (χ4v) is 1.67. The molecular formula is C14H10FNO5.